The van der Waals surface area contributed by atoms with Crippen LogP contribution in [0.1, 0.15) is 37.3 Å². The Balaban J connectivity index is 1.75. The third-order valence-electron chi connectivity index (χ3n) is 5.54. The van der Waals surface area contributed by atoms with Gasteiger partial charge in [-0.15, -0.1) is 0 Å². The quantitative estimate of drug-likeness (QED) is 0.755. The Hall–Kier alpha value is -2.08. The number of benzene rings is 1. The molecule has 1 N–H and O–H groups in total. The molecule has 1 aliphatic carbocycles. The van der Waals surface area contributed by atoms with Crippen molar-refractivity contribution >= 4 is 11.8 Å². The molecule has 142 valence electrons. The summed E-state index contributed by atoms with van der Waals surface area (Å²) in [6, 6.07) is 8.03. The number of hydrogen-bond acceptors (Lipinski definition) is 4. The van der Waals surface area contributed by atoms with E-state index in [9.17, 15) is 9.59 Å². The Labute approximate surface area is 155 Å². The zero-order valence-electron chi connectivity index (χ0n) is 16.0. The third kappa shape index (κ3) is 3.56. The van der Waals surface area contributed by atoms with Crippen molar-refractivity contribution in [2.45, 2.75) is 31.7 Å². The van der Waals surface area contributed by atoms with Crippen molar-refractivity contribution in [2.75, 3.05) is 40.8 Å². The average molecular weight is 359 g/mol. The maximum absolute atomic E-state index is 12.8. The fourth-order valence-electron chi connectivity index (χ4n) is 3.88. The molecule has 2 fully saturated rings. The lowest BCUT2D eigenvalue weighted by molar-refractivity contribution is -0.142. The highest BCUT2D eigenvalue weighted by Crippen LogP contribution is 2.47. The molecule has 6 heteroatoms. The molecule has 6 nitrogen and oxygen atoms in total. The molecule has 0 aromatic heterocycles. The fourth-order valence-corrected chi connectivity index (χ4v) is 3.88. The lowest BCUT2D eigenvalue weighted by Crippen LogP contribution is -2.45. The smallest absolute Gasteiger partial charge is 0.237 e. The summed E-state index contributed by atoms with van der Waals surface area (Å²) in [4.78, 5) is 29.1. The molecule has 0 spiro atoms. The van der Waals surface area contributed by atoms with Gasteiger partial charge < -0.3 is 15.0 Å². The van der Waals surface area contributed by atoms with E-state index in [0.717, 1.165) is 24.4 Å². The molecule has 26 heavy (non-hydrogen) atoms. The average Bonchev–Trinajstić information content (AvgIpc) is 3.29. The number of rotatable bonds is 7. The van der Waals surface area contributed by atoms with E-state index in [1.165, 1.54) is 17.7 Å². The first kappa shape index (κ1) is 18.7. The van der Waals surface area contributed by atoms with E-state index >= 15 is 0 Å². The Kier molecular flexibility index (Phi) is 5.51. The first-order valence-corrected chi connectivity index (χ1v) is 9.36. The largest absolute Gasteiger partial charge is 0.496 e. The van der Waals surface area contributed by atoms with E-state index in [2.05, 4.69) is 16.3 Å². The van der Waals surface area contributed by atoms with Crippen LogP contribution in [0.25, 0.3) is 0 Å². The topological polar surface area (TPSA) is 61.9 Å². The molecule has 1 saturated carbocycles. The van der Waals surface area contributed by atoms with E-state index in [0.29, 0.717) is 19.4 Å². The number of nitrogens with zero attached hydrogens (tertiary/aromatic N) is 2. The summed E-state index contributed by atoms with van der Waals surface area (Å²) in [6.07, 6.45) is 3.61. The van der Waals surface area contributed by atoms with Gasteiger partial charge in [-0.1, -0.05) is 18.2 Å². The zero-order valence-corrected chi connectivity index (χ0v) is 16.0. The van der Waals surface area contributed by atoms with Crippen molar-refractivity contribution in [1.29, 1.82) is 0 Å². The van der Waals surface area contributed by atoms with E-state index < -0.39 is 5.41 Å². The fraction of sp³-hybridized carbons (Fsp3) is 0.600. The van der Waals surface area contributed by atoms with E-state index in [1.54, 1.807) is 21.2 Å². The molecule has 1 heterocycles. The van der Waals surface area contributed by atoms with Crippen LogP contribution in [-0.4, -0.2) is 62.5 Å². The van der Waals surface area contributed by atoms with Gasteiger partial charge in [0.1, 0.15) is 11.2 Å². The highest BCUT2D eigenvalue weighted by Gasteiger charge is 2.57. The van der Waals surface area contributed by atoms with Crippen LogP contribution < -0.4 is 10.1 Å². The molecular weight excluding hydrogens is 330 g/mol. The molecular formula is C20H29N3O3. The van der Waals surface area contributed by atoms with Crippen LogP contribution in [0.5, 0.6) is 5.75 Å². The van der Waals surface area contributed by atoms with Gasteiger partial charge in [-0.25, -0.2) is 0 Å². The van der Waals surface area contributed by atoms with Crippen molar-refractivity contribution in [3.05, 3.63) is 29.8 Å². The number of carbonyl (C=O) groups excluding carboxylic acids is 2. The molecule has 1 atom stereocenters. The first-order chi connectivity index (χ1) is 12.5. The first-order valence-electron chi connectivity index (χ1n) is 9.36. The summed E-state index contributed by atoms with van der Waals surface area (Å²) < 4.78 is 5.54. The zero-order chi connectivity index (χ0) is 18.7. The molecule has 1 aliphatic heterocycles. The minimum Gasteiger partial charge on any atom is -0.496 e. The second-order valence-corrected chi connectivity index (χ2v) is 7.49. The summed E-state index contributed by atoms with van der Waals surface area (Å²) >= 11 is 0. The Morgan fingerprint density at radius 2 is 1.88 bits per heavy atom. The van der Waals surface area contributed by atoms with Crippen LogP contribution in [0.4, 0.5) is 0 Å². The van der Waals surface area contributed by atoms with Crippen LogP contribution in [0, 0.1) is 5.41 Å². The highest BCUT2D eigenvalue weighted by molar-refractivity contribution is 6.07. The van der Waals surface area contributed by atoms with Crippen molar-refractivity contribution in [3.8, 4) is 5.75 Å². The number of methoxy groups -OCH3 is 1. The third-order valence-corrected chi connectivity index (χ3v) is 5.54. The minimum atomic E-state index is -0.847. The molecule has 1 aromatic rings. The van der Waals surface area contributed by atoms with Gasteiger partial charge in [0.2, 0.25) is 11.8 Å². The summed E-state index contributed by atoms with van der Waals surface area (Å²) in [7, 11) is 5.09. The van der Waals surface area contributed by atoms with Crippen molar-refractivity contribution in [3.63, 3.8) is 0 Å². The van der Waals surface area contributed by atoms with E-state index in [4.69, 9.17) is 4.74 Å². The van der Waals surface area contributed by atoms with E-state index in [1.807, 2.05) is 18.2 Å². The predicted octanol–water partition coefficient (Wildman–Crippen LogP) is 1.82. The molecule has 1 saturated heterocycles. The minimum absolute atomic E-state index is 0.0582. The number of ether oxygens (including phenoxy) is 1. The molecule has 0 radical (unpaired) electrons. The van der Waals surface area contributed by atoms with Crippen LogP contribution in [0.2, 0.25) is 0 Å². The van der Waals surface area contributed by atoms with Crippen LogP contribution >= 0.6 is 0 Å². The SMILES string of the molecule is COc1ccccc1C(CNC(=O)C1(C(=O)N(C)C)CC1)N1CCCC1. The van der Waals surface area contributed by atoms with Crippen molar-refractivity contribution in [2.24, 2.45) is 5.41 Å². The number of nitrogens with one attached hydrogen (secondary N) is 1. The van der Waals surface area contributed by atoms with Gasteiger partial charge in [0.15, 0.2) is 0 Å². The Morgan fingerprint density at radius 3 is 2.46 bits per heavy atom. The van der Waals surface area contributed by atoms with Gasteiger partial charge in [0.25, 0.3) is 0 Å². The summed E-state index contributed by atoms with van der Waals surface area (Å²) in [5.41, 5.74) is 0.237. The van der Waals surface area contributed by atoms with Gasteiger partial charge in [-0.2, -0.15) is 0 Å². The van der Waals surface area contributed by atoms with Crippen molar-refractivity contribution in [1.82, 2.24) is 15.1 Å². The number of hydrogen-bond donors (Lipinski definition) is 1. The number of amides is 2. The van der Waals surface area contributed by atoms with E-state index in [-0.39, 0.29) is 17.9 Å². The normalized spacial score (nSPS) is 19.7. The molecule has 2 aliphatic rings. The number of para-hydroxylation sites is 1. The summed E-state index contributed by atoms with van der Waals surface area (Å²) in [5, 5.41) is 3.06. The lowest BCUT2D eigenvalue weighted by atomic mass is 10.0. The number of likely N-dealkylation sites (tertiary alicyclic amines) is 1. The maximum atomic E-state index is 12.8. The second-order valence-electron chi connectivity index (χ2n) is 7.49. The predicted molar refractivity (Wildman–Crippen MR) is 99.9 cm³/mol. The monoisotopic (exact) mass is 359 g/mol. The summed E-state index contributed by atoms with van der Waals surface area (Å²) in [6.45, 7) is 2.52. The Bertz CT molecular complexity index is 664. The Morgan fingerprint density at radius 1 is 1.23 bits per heavy atom. The second kappa shape index (κ2) is 7.66. The summed E-state index contributed by atoms with van der Waals surface area (Å²) in [5.74, 6) is 0.601. The van der Waals surface area contributed by atoms with Gasteiger partial charge in [-0.3, -0.25) is 14.5 Å². The van der Waals surface area contributed by atoms with Crippen LogP contribution in [0.15, 0.2) is 24.3 Å². The van der Waals surface area contributed by atoms with Crippen LogP contribution in [0.3, 0.4) is 0 Å². The molecule has 0 bridgehead atoms. The lowest BCUT2D eigenvalue weighted by Gasteiger charge is -2.30. The van der Waals surface area contributed by atoms with Crippen molar-refractivity contribution < 1.29 is 14.3 Å². The van der Waals surface area contributed by atoms with Gasteiger partial charge in [0, 0.05) is 26.2 Å². The van der Waals surface area contributed by atoms with Gasteiger partial charge >= 0.3 is 0 Å². The molecule has 2 amide bonds. The van der Waals surface area contributed by atoms with Crippen LogP contribution in [-0.2, 0) is 9.59 Å². The van der Waals surface area contributed by atoms with Gasteiger partial charge in [0.05, 0.1) is 13.2 Å². The van der Waals surface area contributed by atoms with Gasteiger partial charge in [-0.05, 0) is 44.8 Å². The standard InChI is InChI=1S/C20H29N3O3/c1-22(2)19(25)20(10-11-20)18(24)21-14-16(23-12-6-7-13-23)15-8-4-5-9-17(15)26-3/h4-5,8-9,16H,6-7,10-14H2,1-3H3,(H,21,24). The molecule has 3 rings (SSSR count). The maximum Gasteiger partial charge on any atom is 0.237 e. The molecule has 1 aromatic carbocycles. The molecule has 1 unspecified atom stereocenters. The highest BCUT2D eigenvalue weighted by atomic mass is 16.5. The number of carbonyl (C=O) groups is 2.